The van der Waals surface area contributed by atoms with E-state index in [4.69, 9.17) is 9.47 Å². The lowest BCUT2D eigenvalue weighted by Gasteiger charge is -2.18. The molecule has 1 amide bonds. The van der Waals surface area contributed by atoms with Gasteiger partial charge in [0.25, 0.3) is 5.91 Å². The smallest absolute Gasteiger partial charge is 0.261 e. The summed E-state index contributed by atoms with van der Waals surface area (Å²) in [5.41, 5.74) is 0. The number of nitrogens with one attached hydrogen (secondary N) is 1. The zero-order valence-electron chi connectivity index (χ0n) is 13.9. The van der Waals surface area contributed by atoms with Gasteiger partial charge in [-0.25, -0.2) is 0 Å². The molecule has 4 heteroatoms. The maximum absolute atomic E-state index is 12.3. The van der Waals surface area contributed by atoms with Crippen LogP contribution in [0.15, 0.2) is 42.5 Å². The number of hydrogen-bond donors (Lipinski definition) is 1. The summed E-state index contributed by atoms with van der Waals surface area (Å²) in [5.74, 6) is 0.677. The molecule has 0 saturated heterocycles. The van der Waals surface area contributed by atoms with Gasteiger partial charge in [0.05, 0.1) is 0 Å². The largest absolute Gasteiger partial charge is 0.480 e. The first-order valence-corrected chi connectivity index (χ1v) is 8.26. The standard InChI is InChI=1S/C19H25NO3/c1-3-17(19(21)20-13-8-14-22-4-2)23-18-12-7-10-15-9-5-6-11-16(15)18/h5-7,9-12,17H,3-4,8,13-14H2,1-2H3,(H,20,21)/t17-/m1/s1. The molecule has 0 saturated carbocycles. The van der Waals surface area contributed by atoms with Crippen molar-refractivity contribution in [3.63, 3.8) is 0 Å². The molecule has 23 heavy (non-hydrogen) atoms. The molecule has 2 rings (SSSR count). The highest BCUT2D eigenvalue weighted by Gasteiger charge is 2.18. The fourth-order valence-electron chi connectivity index (χ4n) is 2.42. The van der Waals surface area contributed by atoms with Gasteiger partial charge in [-0.15, -0.1) is 0 Å². The summed E-state index contributed by atoms with van der Waals surface area (Å²) >= 11 is 0. The van der Waals surface area contributed by atoms with Crippen molar-refractivity contribution in [2.45, 2.75) is 32.8 Å². The highest BCUT2D eigenvalue weighted by molar-refractivity contribution is 5.89. The quantitative estimate of drug-likeness (QED) is 0.720. The molecule has 124 valence electrons. The van der Waals surface area contributed by atoms with Crippen LogP contribution in [0, 0.1) is 0 Å². The van der Waals surface area contributed by atoms with Gasteiger partial charge in [-0.1, -0.05) is 43.3 Å². The van der Waals surface area contributed by atoms with Crippen molar-refractivity contribution in [3.05, 3.63) is 42.5 Å². The van der Waals surface area contributed by atoms with E-state index in [0.29, 0.717) is 26.2 Å². The summed E-state index contributed by atoms with van der Waals surface area (Å²) in [5, 5.41) is 5.05. The van der Waals surface area contributed by atoms with Gasteiger partial charge in [0.1, 0.15) is 5.75 Å². The van der Waals surface area contributed by atoms with Crippen LogP contribution in [0.4, 0.5) is 0 Å². The van der Waals surface area contributed by atoms with E-state index in [1.807, 2.05) is 56.3 Å². The van der Waals surface area contributed by atoms with Crippen LogP contribution in [0.3, 0.4) is 0 Å². The average Bonchev–Trinajstić information content (AvgIpc) is 2.59. The summed E-state index contributed by atoms with van der Waals surface area (Å²) in [4.78, 5) is 12.3. The highest BCUT2D eigenvalue weighted by atomic mass is 16.5. The van der Waals surface area contributed by atoms with Crippen molar-refractivity contribution in [2.75, 3.05) is 19.8 Å². The summed E-state index contributed by atoms with van der Waals surface area (Å²) in [6, 6.07) is 13.9. The predicted molar refractivity (Wildman–Crippen MR) is 92.8 cm³/mol. The van der Waals surface area contributed by atoms with Gasteiger partial charge in [-0.05, 0) is 31.2 Å². The van der Waals surface area contributed by atoms with E-state index in [1.54, 1.807) is 0 Å². The third-order valence-corrected chi connectivity index (χ3v) is 3.65. The molecule has 0 aliphatic carbocycles. The van der Waals surface area contributed by atoms with Gasteiger partial charge < -0.3 is 14.8 Å². The van der Waals surface area contributed by atoms with Crippen LogP contribution in [-0.2, 0) is 9.53 Å². The number of benzene rings is 2. The summed E-state index contributed by atoms with van der Waals surface area (Å²) in [7, 11) is 0. The Kier molecular flexibility index (Phi) is 6.88. The maximum Gasteiger partial charge on any atom is 0.261 e. The Morgan fingerprint density at radius 2 is 1.91 bits per heavy atom. The molecular formula is C19H25NO3. The lowest BCUT2D eigenvalue weighted by Crippen LogP contribution is -2.38. The van der Waals surface area contributed by atoms with Crippen LogP contribution in [0.25, 0.3) is 10.8 Å². The molecule has 2 aromatic carbocycles. The zero-order chi connectivity index (χ0) is 16.5. The van der Waals surface area contributed by atoms with Crippen molar-refractivity contribution in [1.29, 1.82) is 0 Å². The summed E-state index contributed by atoms with van der Waals surface area (Å²) in [6.07, 6.45) is 0.957. The topological polar surface area (TPSA) is 47.6 Å². The van der Waals surface area contributed by atoms with E-state index in [2.05, 4.69) is 5.32 Å². The first kappa shape index (κ1) is 17.3. The highest BCUT2D eigenvalue weighted by Crippen LogP contribution is 2.26. The fraction of sp³-hybridized carbons (Fsp3) is 0.421. The van der Waals surface area contributed by atoms with Crippen molar-refractivity contribution in [1.82, 2.24) is 5.32 Å². The molecule has 4 nitrogen and oxygen atoms in total. The monoisotopic (exact) mass is 315 g/mol. The number of carbonyl (C=O) groups excluding carboxylic acids is 1. The molecule has 0 bridgehead atoms. The van der Waals surface area contributed by atoms with E-state index in [9.17, 15) is 4.79 Å². The van der Waals surface area contributed by atoms with E-state index in [0.717, 1.165) is 22.9 Å². The molecule has 1 atom stereocenters. The first-order chi connectivity index (χ1) is 11.3. The number of rotatable bonds is 9. The molecule has 0 unspecified atom stereocenters. The van der Waals surface area contributed by atoms with Gasteiger partial charge in [0.2, 0.25) is 0 Å². The number of fused-ring (bicyclic) bond motifs is 1. The molecule has 0 aliphatic heterocycles. The zero-order valence-corrected chi connectivity index (χ0v) is 13.9. The maximum atomic E-state index is 12.3. The lowest BCUT2D eigenvalue weighted by molar-refractivity contribution is -0.128. The van der Waals surface area contributed by atoms with Crippen LogP contribution in [0.1, 0.15) is 26.7 Å². The minimum Gasteiger partial charge on any atom is -0.480 e. The molecule has 0 heterocycles. The van der Waals surface area contributed by atoms with Crippen LogP contribution >= 0.6 is 0 Å². The van der Waals surface area contributed by atoms with E-state index >= 15 is 0 Å². The first-order valence-electron chi connectivity index (χ1n) is 8.26. The van der Waals surface area contributed by atoms with Crippen molar-refractivity contribution < 1.29 is 14.3 Å². The van der Waals surface area contributed by atoms with E-state index in [1.165, 1.54) is 0 Å². The third kappa shape index (κ3) is 4.96. The Labute approximate surface area is 137 Å². The number of carbonyl (C=O) groups is 1. The van der Waals surface area contributed by atoms with Crippen LogP contribution in [-0.4, -0.2) is 31.8 Å². The van der Waals surface area contributed by atoms with Crippen LogP contribution in [0.5, 0.6) is 5.75 Å². The minimum absolute atomic E-state index is 0.0723. The summed E-state index contributed by atoms with van der Waals surface area (Å²) in [6.45, 7) is 5.89. The van der Waals surface area contributed by atoms with Gasteiger partial charge in [0, 0.05) is 25.1 Å². The predicted octanol–water partition coefficient (Wildman–Crippen LogP) is 3.54. The Bertz CT molecular complexity index is 622. The van der Waals surface area contributed by atoms with Gasteiger partial charge in [-0.2, -0.15) is 0 Å². The summed E-state index contributed by atoms with van der Waals surface area (Å²) < 4.78 is 11.2. The second-order valence-electron chi connectivity index (χ2n) is 5.33. The molecule has 0 aliphatic rings. The number of hydrogen-bond acceptors (Lipinski definition) is 3. The van der Waals surface area contributed by atoms with Crippen LogP contribution < -0.4 is 10.1 Å². The Morgan fingerprint density at radius 3 is 2.70 bits per heavy atom. The Hall–Kier alpha value is -2.07. The van der Waals surface area contributed by atoms with Crippen molar-refractivity contribution in [2.24, 2.45) is 0 Å². The molecule has 0 spiro atoms. The fourth-order valence-corrected chi connectivity index (χ4v) is 2.42. The molecule has 0 fully saturated rings. The number of amides is 1. The Morgan fingerprint density at radius 1 is 1.13 bits per heavy atom. The third-order valence-electron chi connectivity index (χ3n) is 3.65. The van der Waals surface area contributed by atoms with Crippen molar-refractivity contribution >= 4 is 16.7 Å². The number of ether oxygens (including phenoxy) is 2. The van der Waals surface area contributed by atoms with E-state index in [-0.39, 0.29) is 5.91 Å². The molecule has 2 aromatic rings. The SMILES string of the molecule is CCOCCCNC(=O)[C@@H](CC)Oc1cccc2ccccc12. The second kappa shape index (κ2) is 9.16. The molecule has 1 N–H and O–H groups in total. The van der Waals surface area contributed by atoms with Gasteiger partial charge in [0.15, 0.2) is 6.10 Å². The van der Waals surface area contributed by atoms with Crippen LogP contribution in [0.2, 0.25) is 0 Å². The second-order valence-corrected chi connectivity index (χ2v) is 5.33. The van der Waals surface area contributed by atoms with Gasteiger partial charge >= 0.3 is 0 Å². The molecule has 0 aromatic heterocycles. The average molecular weight is 315 g/mol. The molecular weight excluding hydrogens is 290 g/mol. The Balaban J connectivity index is 1.96. The van der Waals surface area contributed by atoms with Gasteiger partial charge in [-0.3, -0.25) is 4.79 Å². The lowest BCUT2D eigenvalue weighted by atomic mass is 10.1. The molecule has 0 radical (unpaired) electrons. The normalized spacial score (nSPS) is 12.1. The van der Waals surface area contributed by atoms with Crippen molar-refractivity contribution in [3.8, 4) is 5.75 Å². The van der Waals surface area contributed by atoms with E-state index < -0.39 is 6.10 Å². The minimum atomic E-state index is -0.479.